The number of hydrogen-bond donors (Lipinski definition) is 1. The zero-order chi connectivity index (χ0) is 13.1. The second kappa shape index (κ2) is 5.30. The van der Waals surface area contributed by atoms with Gasteiger partial charge in [-0.3, -0.25) is 10.1 Å². The van der Waals surface area contributed by atoms with Crippen LogP contribution in [0, 0.1) is 16.0 Å². The Bertz CT molecular complexity index is 421. The van der Waals surface area contributed by atoms with Gasteiger partial charge in [0.05, 0.1) is 4.92 Å². The average Bonchev–Trinajstić information content (AvgIpc) is 2.86. The van der Waals surface area contributed by atoms with E-state index in [1.165, 1.54) is 18.7 Å². The molecule has 18 heavy (non-hydrogen) atoms. The lowest BCUT2D eigenvalue weighted by Crippen LogP contribution is -2.38. The highest BCUT2D eigenvalue weighted by atomic mass is 16.6. The molecule has 0 bridgehead atoms. The molecule has 1 fully saturated rings. The van der Waals surface area contributed by atoms with E-state index in [-0.39, 0.29) is 5.69 Å². The van der Waals surface area contributed by atoms with Crippen LogP contribution < -0.4 is 10.6 Å². The molecule has 1 aromatic heterocycles. The first-order valence-corrected chi connectivity index (χ1v) is 6.17. The molecular formula is C12H18N4O2. The van der Waals surface area contributed by atoms with E-state index in [9.17, 15) is 10.1 Å². The number of nitrogens with zero attached hydrogens (tertiary/aromatic N) is 3. The predicted octanol–water partition coefficient (Wildman–Crippen LogP) is 1.55. The van der Waals surface area contributed by atoms with Gasteiger partial charge in [-0.2, -0.15) is 0 Å². The van der Waals surface area contributed by atoms with Crippen molar-refractivity contribution < 1.29 is 4.92 Å². The first-order valence-electron chi connectivity index (χ1n) is 6.17. The summed E-state index contributed by atoms with van der Waals surface area (Å²) in [5.41, 5.74) is 5.79. The molecule has 1 aliphatic rings. The van der Waals surface area contributed by atoms with Gasteiger partial charge in [0.1, 0.15) is 12.0 Å². The van der Waals surface area contributed by atoms with Crippen LogP contribution in [0.4, 0.5) is 11.5 Å². The van der Waals surface area contributed by atoms with Crippen molar-refractivity contribution >= 4 is 11.5 Å². The lowest BCUT2D eigenvalue weighted by atomic mass is 10.0. The smallest absolute Gasteiger partial charge is 0.287 e. The van der Waals surface area contributed by atoms with Crippen LogP contribution in [0.5, 0.6) is 0 Å². The number of hydrogen-bond acceptors (Lipinski definition) is 5. The van der Waals surface area contributed by atoms with E-state index in [4.69, 9.17) is 5.73 Å². The fraction of sp³-hybridized carbons (Fsp3) is 0.583. The van der Waals surface area contributed by atoms with Crippen molar-refractivity contribution in [2.45, 2.75) is 25.3 Å². The van der Waals surface area contributed by atoms with Crippen LogP contribution in [0.15, 0.2) is 18.3 Å². The molecular weight excluding hydrogens is 232 g/mol. The Balaban J connectivity index is 2.13. The van der Waals surface area contributed by atoms with Crippen molar-refractivity contribution in [3.63, 3.8) is 0 Å². The second-order valence-corrected chi connectivity index (χ2v) is 4.74. The van der Waals surface area contributed by atoms with E-state index in [1.54, 1.807) is 6.07 Å². The van der Waals surface area contributed by atoms with Crippen LogP contribution in [0.2, 0.25) is 0 Å². The number of nitro groups is 1. The van der Waals surface area contributed by atoms with Crippen LogP contribution in [0.1, 0.15) is 19.3 Å². The maximum atomic E-state index is 10.6. The topological polar surface area (TPSA) is 85.3 Å². The van der Waals surface area contributed by atoms with Crippen molar-refractivity contribution in [1.82, 2.24) is 4.98 Å². The number of nitrogens with two attached hydrogens (primary N) is 1. The lowest BCUT2D eigenvalue weighted by Gasteiger charge is -2.29. The summed E-state index contributed by atoms with van der Waals surface area (Å²) in [5, 5.41) is 10.6. The Kier molecular flexibility index (Phi) is 3.76. The number of aromatic nitrogens is 1. The summed E-state index contributed by atoms with van der Waals surface area (Å²) in [4.78, 5) is 16.4. The summed E-state index contributed by atoms with van der Waals surface area (Å²) >= 11 is 0. The fourth-order valence-corrected chi connectivity index (χ4v) is 2.67. The summed E-state index contributed by atoms with van der Waals surface area (Å²) in [7, 11) is 1.98. The molecule has 2 rings (SSSR count). The molecule has 6 nitrogen and oxygen atoms in total. The van der Waals surface area contributed by atoms with Crippen LogP contribution in [-0.4, -0.2) is 29.5 Å². The average molecular weight is 250 g/mol. The first kappa shape index (κ1) is 12.8. The normalized spacial score (nSPS) is 23.0. The van der Waals surface area contributed by atoms with Gasteiger partial charge in [0.15, 0.2) is 0 Å². The Morgan fingerprint density at radius 1 is 1.56 bits per heavy atom. The van der Waals surface area contributed by atoms with Gasteiger partial charge in [0, 0.05) is 19.2 Å². The van der Waals surface area contributed by atoms with Crippen molar-refractivity contribution in [2.24, 2.45) is 11.7 Å². The van der Waals surface area contributed by atoms with Crippen molar-refractivity contribution in [3.05, 3.63) is 28.4 Å². The highest BCUT2D eigenvalue weighted by molar-refractivity contribution is 5.43. The van der Waals surface area contributed by atoms with E-state index >= 15 is 0 Å². The Morgan fingerprint density at radius 3 is 2.89 bits per heavy atom. The van der Waals surface area contributed by atoms with Crippen molar-refractivity contribution in [2.75, 3.05) is 18.5 Å². The second-order valence-electron chi connectivity index (χ2n) is 4.74. The van der Waals surface area contributed by atoms with Crippen LogP contribution in [0.3, 0.4) is 0 Å². The number of pyridine rings is 1. The van der Waals surface area contributed by atoms with Gasteiger partial charge >= 0.3 is 0 Å². The Labute approximate surface area is 106 Å². The summed E-state index contributed by atoms with van der Waals surface area (Å²) < 4.78 is 0. The standard InChI is InChI=1S/C12H18N4O2/c1-15(11-4-2-3-9(11)7-13)12-6-5-10(8-14-12)16(17)18/h5-6,8-9,11H,2-4,7,13H2,1H3. The highest BCUT2D eigenvalue weighted by Crippen LogP contribution is 2.31. The Morgan fingerprint density at radius 2 is 2.33 bits per heavy atom. The zero-order valence-corrected chi connectivity index (χ0v) is 10.5. The molecule has 1 heterocycles. The van der Waals surface area contributed by atoms with E-state index in [1.807, 2.05) is 7.05 Å². The minimum Gasteiger partial charge on any atom is -0.356 e. The third-order valence-electron chi connectivity index (χ3n) is 3.72. The molecule has 1 aromatic rings. The molecule has 2 atom stereocenters. The van der Waals surface area contributed by atoms with Crippen LogP contribution >= 0.6 is 0 Å². The summed E-state index contributed by atoms with van der Waals surface area (Å²) in [6.45, 7) is 0.683. The van der Waals surface area contributed by atoms with Gasteiger partial charge in [-0.15, -0.1) is 0 Å². The van der Waals surface area contributed by atoms with Gasteiger partial charge in [-0.25, -0.2) is 4.98 Å². The molecule has 2 N–H and O–H groups in total. The molecule has 1 aliphatic carbocycles. The molecule has 98 valence electrons. The molecule has 0 spiro atoms. The molecule has 6 heteroatoms. The van der Waals surface area contributed by atoms with E-state index in [0.29, 0.717) is 18.5 Å². The fourth-order valence-electron chi connectivity index (χ4n) is 2.67. The van der Waals surface area contributed by atoms with E-state index < -0.39 is 4.92 Å². The van der Waals surface area contributed by atoms with Crippen molar-refractivity contribution in [3.8, 4) is 0 Å². The van der Waals surface area contributed by atoms with Crippen LogP contribution in [0.25, 0.3) is 0 Å². The molecule has 0 saturated heterocycles. The van der Waals surface area contributed by atoms with Crippen molar-refractivity contribution in [1.29, 1.82) is 0 Å². The van der Waals surface area contributed by atoms with Gasteiger partial charge in [-0.05, 0) is 31.4 Å². The third kappa shape index (κ3) is 2.43. The number of anilines is 1. The molecule has 0 radical (unpaired) electrons. The SMILES string of the molecule is CN(c1ccc([N+](=O)[O-])cn1)C1CCCC1CN. The molecule has 0 amide bonds. The molecule has 2 unspecified atom stereocenters. The van der Waals surface area contributed by atoms with E-state index in [0.717, 1.165) is 18.7 Å². The van der Waals surface area contributed by atoms with Gasteiger partial charge < -0.3 is 10.6 Å². The first-order chi connectivity index (χ1) is 8.63. The molecule has 0 aromatic carbocycles. The van der Waals surface area contributed by atoms with E-state index in [2.05, 4.69) is 9.88 Å². The predicted molar refractivity (Wildman–Crippen MR) is 69.5 cm³/mol. The maximum Gasteiger partial charge on any atom is 0.287 e. The van der Waals surface area contributed by atoms with Gasteiger partial charge in [-0.1, -0.05) is 6.42 Å². The summed E-state index contributed by atoms with van der Waals surface area (Å²) in [5.74, 6) is 1.26. The van der Waals surface area contributed by atoms with Gasteiger partial charge in [0.2, 0.25) is 0 Å². The summed E-state index contributed by atoms with van der Waals surface area (Å²) in [6, 6.07) is 3.58. The number of rotatable bonds is 4. The largest absolute Gasteiger partial charge is 0.356 e. The molecule has 0 aliphatic heterocycles. The minimum absolute atomic E-state index is 0.0222. The van der Waals surface area contributed by atoms with Crippen LogP contribution in [-0.2, 0) is 0 Å². The highest BCUT2D eigenvalue weighted by Gasteiger charge is 2.30. The lowest BCUT2D eigenvalue weighted by molar-refractivity contribution is -0.385. The third-order valence-corrected chi connectivity index (χ3v) is 3.72. The maximum absolute atomic E-state index is 10.6. The summed E-state index contributed by atoms with van der Waals surface area (Å²) in [6.07, 6.45) is 4.75. The quantitative estimate of drug-likeness (QED) is 0.647. The molecule has 1 saturated carbocycles. The Hall–Kier alpha value is -1.69. The van der Waals surface area contributed by atoms with Gasteiger partial charge in [0.25, 0.3) is 5.69 Å². The zero-order valence-electron chi connectivity index (χ0n) is 10.5. The monoisotopic (exact) mass is 250 g/mol. The minimum atomic E-state index is -0.435.